The average molecular weight is 801 g/mol. The van der Waals surface area contributed by atoms with Crippen LogP contribution in [-0.4, -0.2) is 156 Å². The highest BCUT2D eigenvalue weighted by atomic mass is 16.8. The van der Waals surface area contributed by atoms with Crippen LogP contribution in [0.15, 0.2) is 6.20 Å². The minimum atomic E-state index is -1.44. The molecule has 4 fully saturated rings. The second-order valence-corrected chi connectivity index (χ2v) is 16.6. The van der Waals surface area contributed by atoms with E-state index in [0.717, 1.165) is 0 Å². The predicted molar refractivity (Wildman–Crippen MR) is 195 cm³/mol. The zero-order valence-electron chi connectivity index (χ0n) is 33.7. The number of rotatable bonds is 15. The summed E-state index contributed by atoms with van der Waals surface area (Å²) in [4.78, 5) is 23.8. The first-order valence-corrected chi connectivity index (χ1v) is 20.1. The molecule has 1 aliphatic carbocycles. The zero-order chi connectivity index (χ0) is 41.2. The Balaban J connectivity index is 1.37. The van der Waals surface area contributed by atoms with Gasteiger partial charge in [0.2, 0.25) is 5.91 Å². The van der Waals surface area contributed by atoms with Crippen LogP contribution in [0.4, 0.5) is 0 Å². The minimum absolute atomic E-state index is 0.00892. The summed E-state index contributed by atoms with van der Waals surface area (Å²) in [5.41, 5.74) is 0.502. The van der Waals surface area contributed by atoms with Crippen molar-refractivity contribution in [3.05, 3.63) is 11.9 Å². The van der Waals surface area contributed by atoms with Crippen LogP contribution >= 0.6 is 0 Å². The quantitative estimate of drug-likeness (QED) is 0.117. The van der Waals surface area contributed by atoms with Crippen LogP contribution in [0.25, 0.3) is 0 Å². The standard InChI is InChI=1S/C38H64N4O14/c1-9-23-29(47)27(45)20(7)36(51-23)54-32-17(4)11-16(3)26(44)34(32)56-38-31(49)33(55-37-21(8)28(46)30(48)24(10-2)52-37)25(53-38)15-42-14-22(40-41-42)12-18(5)35(50)39-13-19(6)43/h14,16-18,20-21,23-34,36-38,44-49H,9-13,15H2,1-8H3,(H,39,50)/t16-,17?,18?,20?,21?,23?,24+,25-,26?,27-,28?,29-,30-,31?,32-,33+,34-,36-,37-,38+/m1/s1. The van der Waals surface area contributed by atoms with Crippen molar-refractivity contribution in [3.63, 3.8) is 0 Å². The smallest absolute Gasteiger partial charge is 0.223 e. The minimum Gasteiger partial charge on any atom is -0.390 e. The number of ether oxygens (including phenoxy) is 6. The molecule has 8 unspecified atom stereocenters. The van der Waals surface area contributed by atoms with Crippen LogP contribution in [0.3, 0.4) is 0 Å². The van der Waals surface area contributed by atoms with Gasteiger partial charge in [0, 0.05) is 30.4 Å². The topological polar surface area (TPSA) is 254 Å². The summed E-state index contributed by atoms with van der Waals surface area (Å²) in [5, 5.41) is 77.3. The molecule has 18 heteroatoms. The Morgan fingerprint density at radius 3 is 1.86 bits per heavy atom. The first-order chi connectivity index (χ1) is 26.4. The second-order valence-electron chi connectivity index (χ2n) is 16.6. The van der Waals surface area contributed by atoms with Crippen molar-refractivity contribution in [1.29, 1.82) is 0 Å². The van der Waals surface area contributed by atoms with Crippen molar-refractivity contribution in [2.45, 2.75) is 180 Å². The lowest BCUT2D eigenvalue weighted by molar-refractivity contribution is -0.325. The van der Waals surface area contributed by atoms with Gasteiger partial charge in [0.1, 0.15) is 42.4 Å². The van der Waals surface area contributed by atoms with Crippen LogP contribution in [0.2, 0.25) is 0 Å². The summed E-state index contributed by atoms with van der Waals surface area (Å²) in [6.45, 7) is 13.9. The number of amides is 1. The van der Waals surface area contributed by atoms with Crippen molar-refractivity contribution in [1.82, 2.24) is 20.3 Å². The maximum atomic E-state index is 12.5. The Morgan fingerprint density at radius 2 is 1.30 bits per heavy atom. The molecule has 1 saturated carbocycles. The lowest BCUT2D eigenvalue weighted by atomic mass is 9.77. The Bertz CT molecular complexity index is 1430. The Hall–Kier alpha value is -2.20. The van der Waals surface area contributed by atoms with Crippen molar-refractivity contribution in [2.24, 2.45) is 29.6 Å². The normalized spacial score (nSPS) is 43.7. The van der Waals surface area contributed by atoms with Gasteiger partial charge in [-0.1, -0.05) is 53.7 Å². The molecule has 0 bridgehead atoms. The van der Waals surface area contributed by atoms with Crippen LogP contribution in [-0.2, 0) is 51.0 Å². The van der Waals surface area contributed by atoms with E-state index >= 15 is 0 Å². The summed E-state index contributed by atoms with van der Waals surface area (Å²) in [7, 11) is 0. The average Bonchev–Trinajstić information content (AvgIpc) is 3.72. The van der Waals surface area contributed by atoms with Gasteiger partial charge >= 0.3 is 0 Å². The third kappa shape index (κ3) is 9.97. The van der Waals surface area contributed by atoms with Crippen molar-refractivity contribution in [3.8, 4) is 0 Å². The van der Waals surface area contributed by atoms with Gasteiger partial charge < -0.3 is 64.4 Å². The van der Waals surface area contributed by atoms with Crippen molar-refractivity contribution < 1.29 is 68.6 Å². The molecule has 56 heavy (non-hydrogen) atoms. The lowest BCUT2D eigenvalue weighted by Gasteiger charge is -2.47. The molecule has 0 radical (unpaired) electrons. The van der Waals surface area contributed by atoms with E-state index in [2.05, 4.69) is 15.6 Å². The third-order valence-corrected chi connectivity index (χ3v) is 12.0. The monoisotopic (exact) mass is 800 g/mol. The molecule has 1 aromatic heterocycles. The molecule has 4 heterocycles. The number of aromatic nitrogens is 3. The van der Waals surface area contributed by atoms with E-state index in [-0.39, 0.29) is 43.0 Å². The van der Waals surface area contributed by atoms with E-state index in [9.17, 15) is 40.2 Å². The number of carbonyl (C=O) groups is 2. The summed E-state index contributed by atoms with van der Waals surface area (Å²) >= 11 is 0. The number of hydrogen-bond acceptors (Lipinski definition) is 16. The van der Waals surface area contributed by atoms with Crippen LogP contribution in [0.5, 0.6) is 0 Å². The number of Topliss-reactive ketones (excluding diaryl/α,β-unsaturated/α-hetero) is 1. The fourth-order valence-corrected chi connectivity index (χ4v) is 8.29. The first-order valence-electron chi connectivity index (χ1n) is 20.1. The zero-order valence-corrected chi connectivity index (χ0v) is 33.7. The highest BCUT2D eigenvalue weighted by Gasteiger charge is 2.54. The van der Waals surface area contributed by atoms with E-state index in [1.54, 1.807) is 27.0 Å². The number of aliphatic hydroxyl groups is 6. The Labute approximate surface area is 328 Å². The number of nitrogens with one attached hydrogen (secondary N) is 1. The van der Waals surface area contributed by atoms with Gasteiger partial charge in [-0.05, 0) is 38.0 Å². The molecular weight excluding hydrogens is 736 g/mol. The van der Waals surface area contributed by atoms with Gasteiger partial charge in [-0.2, -0.15) is 0 Å². The van der Waals surface area contributed by atoms with E-state index in [4.69, 9.17) is 28.4 Å². The molecule has 5 rings (SSSR count). The molecule has 1 aromatic rings. The van der Waals surface area contributed by atoms with Gasteiger partial charge in [-0.3, -0.25) is 9.59 Å². The number of aliphatic hydroxyl groups excluding tert-OH is 6. The summed E-state index contributed by atoms with van der Waals surface area (Å²) < 4.78 is 39.4. The van der Waals surface area contributed by atoms with E-state index in [0.29, 0.717) is 25.0 Å². The summed E-state index contributed by atoms with van der Waals surface area (Å²) in [6, 6.07) is 0. The van der Waals surface area contributed by atoms with E-state index in [1.807, 2.05) is 27.7 Å². The highest BCUT2D eigenvalue weighted by Crippen LogP contribution is 2.40. The molecule has 18 nitrogen and oxygen atoms in total. The molecule has 320 valence electrons. The number of hydrogen-bond donors (Lipinski definition) is 7. The highest BCUT2D eigenvalue weighted by molar-refractivity contribution is 5.85. The number of nitrogens with zero attached hydrogens (tertiary/aromatic N) is 3. The van der Waals surface area contributed by atoms with Gasteiger partial charge in [0.05, 0.1) is 55.4 Å². The van der Waals surface area contributed by atoms with E-state index < -0.39 is 110 Å². The van der Waals surface area contributed by atoms with Crippen molar-refractivity contribution >= 4 is 11.7 Å². The second kappa shape index (κ2) is 19.2. The molecular formula is C38H64N4O14. The summed E-state index contributed by atoms with van der Waals surface area (Å²) in [5.74, 6) is -2.63. The van der Waals surface area contributed by atoms with Crippen LogP contribution in [0.1, 0.15) is 80.3 Å². The van der Waals surface area contributed by atoms with Crippen LogP contribution < -0.4 is 5.32 Å². The Morgan fingerprint density at radius 1 is 0.768 bits per heavy atom. The molecule has 20 atom stereocenters. The Kier molecular flexibility index (Phi) is 15.4. The van der Waals surface area contributed by atoms with Gasteiger partial charge in [-0.15, -0.1) is 5.10 Å². The molecule has 4 aliphatic rings. The predicted octanol–water partition coefficient (Wildman–Crippen LogP) is -0.574. The third-order valence-electron chi connectivity index (χ3n) is 12.0. The molecule has 3 saturated heterocycles. The summed E-state index contributed by atoms with van der Waals surface area (Å²) in [6.07, 6.45) is -12.2. The van der Waals surface area contributed by atoms with Gasteiger partial charge in [-0.25, -0.2) is 4.68 Å². The molecule has 7 N–H and O–H groups in total. The molecule has 3 aliphatic heterocycles. The molecule has 0 spiro atoms. The fourth-order valence-electron chi connectivity index (χ4n) is 8.29. The SMILES string of the molecule is CCC1O[C@H](O[C@@H]2C(C)C[C@@H](C)C(O)[C@H]2O[C@@H]2O[C@H](Cn3cc(CC(C)C(=O)NCC(C)=O)nn3)[C@H](O[C@H]3O[C@@H](CC)[C@@H](O)C(O)C3C)C2O)C(C)[C@@H](O)[C@@H]1O. The lowest BCUT2D eigenvalue weighted by Crippen LogP contribution is -2.59. The van der Waals surface area contributed by atoms with Gasteiger partial charge in [0.25, 0.3) is 0 Å². The van der Waals surface area contributed by atoms with E-state index in [1.165, 1.54) is 11.6 Å². The molecule has 1 amide bonds. The fraction of sp³-hybridized carbons (Fsp3) is 0.895. The van der Waals surface area contributed by atoms with Crippen LogP contribution in [0, 0.1) is 29.6 Å². The van der Waals surface area contributed by atoms with Gasteiger partial charge in [0.15, 0.2) is 18.9 Å². The maximum absolute atomic E-state index is 12.5. The maximum Gasteiger partial charge on any atom is 0.223 e. The number of carbonyl (C=O) groups excluding carboxylic acids is 2. The first kappa shape index (κ1) is 44.9. The van der Waals surface area contributed by atoms with Crippen molar-refractivity contribution in [2.75, 3.05) is 6.54 Å². The largest absolute Gasteiger partial charge is 0.390 e. The number of ketones is 1. The molecule has 0 aromatic carbocycles.